The van der Waals surface area contributed by atoms with Gasteiger partial charge in [-0.05, 0) is 23.6 Å². The number of alkyl halides is 3. The molecule has 2 N–H and O–H groups in total. The highest BCUT2D eigenvalue weighted by Gasteiger charge is 2.35. The van der Waals surface area contributed by atoms with Crippen LogP contribution in [0.3, 0.4) is 0 Å². The Balaban J connectivity index is 2.06. The molecule has 0 radical (unpaired) electrons. The standard InChI is InChI=1S/C13H9F3N2S2/c14-13(15,16)8-1-3-18-6-7(8)12(17)11-5-10-9(20-11)2-4-19-10/h1-6,12H,17H2. The summed E-state index contributed by atoms with van der Waals surface area (Å²) in [6.07, 6.45) is -2.10. The number of hydrogen-bond acceptors (Lipinski definition) is 4. The van der Waals surface area contributed by atoms with E-state index in [1.807, 2.05) is 17.5 Å². The van der Waals surface area contributed by atoms with Crippen molar-refractivity contribution in [1.29, 1.82) is 0 Å². The molecule has 3 heterocycles. The van der Waals surface area contributed by atoms with Gasteiger partial charge in [0.2, 0.25) is 0 Å². The Morgan fingerprint density at radius 3 is 2.70 bits per heavy atom. The van der Waals surface area contributed by atoms with Crippen molar-refractivity contribution < 1.29 is 13.2 Å². The number of fused-ring (bicyclic) bond motifs is 1. The summed E-state index contributed by atoms with van der Waals surface area (Å²) in [7, 11) is 0. The third kappa shape index (κ3) is 2.32. The van der Waals surface area contributed by atoms with Crippen LogP contribution in [0.5, 0.6) is 0 Å². The summed E-state index contributed by atoms with van der Waals surface area (Å²) >= 11 is 2.96. The van der Waals surface area contributed by atoms with Crippen LogP contribution in [-0.4, -0.2) is 4.98 Å². The van der Waals surface area contributed by atoms with E-state index in [-0.39, 0.29) is 5.56 Å². The number of rotatable bonds is 2. The van der Waals surface area contributed by atoms with Crippen LogP contribution < -0.4 is 5.73 Å². The lowest BCUT2D eigenvalue weighted by molar-refractivity contribution is -0.138. The van der Waals surface area contributed by atoms with Crippen molar-refractivity contribution in [2.24, 2.45) is 5.73 Å². The topological polar surface area (TPSA) is 38.9 Å². The Morgan fingerprint density at radius 2 is 2.00 bits per heavy atom. The molecule has 0 aliphatic carbocycles. The minimum absolute atomic E-state index is 0.00824. The second kappa shape index (κ2) is 4.83. The molecular weight excluding hydrogens is 305 g/mol. The first kappa shape index (κ1) is 13.5. The molecule has 3 aromatic rings. The van der Waals surface area contributed by atoms with Gasteiger partial charge in [-0.3, -0.25) is 4.98 Å². The van der Waals surface area contributed by atoms with Crippen LogP contribution in [0, 0.1) is 0 Å². The summed E-state index contributed by atoms with van der Waals surface area (Å²) in [6.45, 7) is 0. The van der Waals surface area contributed by atoms with Gasteiger partial charge in [0.25, 0.3) is 0 Å². The fourth-order valence-corrected chi connectivity index (χ4v) is 4.14. The zero-order valence-electron chi connectivity index (χ0n) is 10.0. The van der Waals surface area contributed by atoms with Gasteiger partial charge < -0.3 is 5.73 Å². The van der Waals surface area contributed by atoms with Crippen molar-refractivity contribution >= 4 is 32.1 Å². The second-order valence-corrected chi connectivity index (χ2v) is 6.30. The molecule has 1 unspecified atom stereocenters. The predicted octanol–water partition coefficient (Wildman–Crippen LogP) is 4.42. The quantitative estimate of drug-likeness (QED) is 0.760. The highest BCUT2D eigenvalue weighted by Crippen LogP contribution is 2.39. The molecule has 7 heteroatoms. The fourth-order valence-electron chi connectivity index (χ4n) is 2.00. The largest absolute Gasteiger partial charge is 0.416 e. The van der Waals surface area contributed by atoms with Gasteiger partial charge in [0.1, 0.15) is 0 Å². The van der Waals surface area contributed by atoms with Gasteiger partial charge in [0.15, 0.2) is 0 Å². The molecule has 0 saturated carbocycles. The van der Waals surface area contributed by atoms with Gasteiger partial charge in [0.05, 0.1) is 11.6 Å². The highest BCUT2D eigenvalue weighted by atomic mass is 32.1. The van der Waals surface area contributed by atoms with Gasteiger partial charge in [-0.25, -0.2) is 0 Å². The van der Waals surface area contributed by atoms with E-state index in [0.29, 0.717) is 4.88 Å². The molecule has 3 rings (SSSR count). The molecule has 1 atom stereocenters. The first-order valence-electron chi connectivity index (χ1n) is 5.70. The highest BCUT2D eigenvalue weighted by molar-refractivity contribution is 7.27. The van der Waals surface area contributed by atoms with Crippen molar-refractivity contribution in [2.75, 3.05) is 0 Å². The molecule has 0 spiro atoms. The van der Waals surface area contributed by atoms with Crippen molar-refractivity contribution in [3.63, 3.8) is 0 Å². The molecule has 0 saturated heterocycles. The lowest BCUT2D eigenvalue weighted by Gasteiger charge is -2.16. The Labute approximate surface area is 120 Å². The zero-order valence-corrected chi connectivity index (χ0v) is 11.6. The molecule has 0 aromatic carbocycles. The van der Waals surface area contributed by atoms with Gasteiger partial charge in [-0.15, -0.1) is 22.7 Å². The van der Waals surface area contributed by atoms with Crippen molar-refractivity contribution in [1.82, 2.24) is 4.98 Å². The van der Waals surface area contributed by atoms with Crippen LogP contribution in [0.1, 0.15) is 22.0 Å². The van der Waals surface area contributed by atoms with Crippen LogP contribution in [0.25, 0.3) is 9.40 Å². The van der Waals surface area contributed by atoms with Gasteiger partial charge in [0, 0.05) is 32.2 Å². The van der Waals surface area contributed by atoms with Crippen LogP contribution in [0.15, 0.2) is 36.0 Å². The fraction of sp³-hybridized carbons (Fsp3) is 0.154. The minimum atomic E-state index is -4.43. The first-order valence-corrected chi connectivity index (χ1v) is 7.40. The van der Waals surface area contributed by atoms with Crippen LogP contribution in [0.2, 0.25) is 0 Å². The smallest absolute Gasteiger partial charge is 0.320 e. The van der Waals surface area contributed by atoms with E-state index >= 15 is 0 Å². The first-order chi connectivity index (χ1) is 9.47. The Hall–Kier alpha value is -1.44. The lowest BCUT2D eigenvalue weighted by atomic mass is 10.0. The number of hydrogen-bond donors (Lipinski definition) is 1. The second-order valence-electron chi connectivity index (χ2n) is 4.24. The maximum atomic E-state index is 13.0. The average molecular weight is 314 g/mol. The summed E-state index contributed by atoms with van der Waals surface area (Å²) < 4.78 is 41.1. The summed E-state index contributed by atoms with van der Waals surface area (Å²) in [6, 6.07) is 3.94. The minimum Gasteiger partial charge on any atom is -0.320 e. The van der Waals surface area contributed by atoms with Gasteiger partial charge in [-0.1, -0.05) is 0 Å². The van der Waals surface area contributed by atoms with Crippen LogP contribution in [-0.2, 0) is 6.18 Å². The van der Waals surface area contributed by atoms with Gasteiger partial charge in [-0.2, -0.15) is 13.2 Å². The number of nitrogens with zero attached hydrogens (tertiary/aromatic N) is 1. The van der Waals surface area contributed by atoms with E-state index < -0.39 is 17.8 Å². The van der Waals surface area contributed by atoms with E-state index in [1.54, 1.807) is 11.3 Å². The summed E-state index contributed by atoms with van der Waals surface area (Å²) in [4.78, 5) is 4.49. The third-order valence-electron chi connectivity index (χ3n) is 2.96. The zero-order chi connectivity index (χ0) is 14.3. The lowest BCUT2D eigenvalue weighted by Crippen LogP contribution is -2.18. The van der Waals surface area contributed by atoms with Gasteiger partial charge >= 0.3 is 6.18 Å². The normalized spacial score (nSPS) is 13.8. The molecule has 2 nitrogen and oxygen atoms in total. The Morgan fingerprint density at radius 1 is 1.20 bits per heavy atom. The summed E-state index contributed by atoms with van der Waals surface area (Å²) in [5, 5.41) is 1.95. The molecule has 0 amide bonds. The van der Waals surface area contributed by atoms with E-state index in [0.717, 1.165) is 21.7 Å². The molecule has 104 valence electrons. The molecular formula is C13H9F3N2S2. The van der Waals surface area contributed by atoms with Crippen molar-refractivity contribution in [2.45, 2.75) is 12.2 Å². The van der Waals surface area contributed by atoms with Crippen LogP contribution >= 0.6 is 22.7 Å². The van der Waals surface area contributed by atoms with Crippen LogP contribution in [0.4, 0.5) is 13.2 Å². The van der Waals surface area contributed by atoms with E-state index in [9.17, 15) is 13.2 Å². The average Bonchev–Trinajstić information content (AvgIpc) is 2.97. The maximum absolute atomic E-state index is 13.0. The Kier molecular flexibility index (Phi) is 3.27. The molecule has 0 aliphatic rings. The Bertz CT molecular complexity index is 717. The molecule has 3 aromatic heterocycles. The number of thiophene rings is 2. The molecule has 20 heavy (non-hydrogen) atoms. The van der Waals surface area contributed by atoms with Crippen molar-refractivity contribution in [3.8, 4) is 0 Å². The van der Waals surface area contributed by atoms with Crippen molar-refractivity contribution in [3.05, 3.63) is 52.0 Å². The number of pyridine rings is 1. The predicted molar refractivity (Wildman–Crippen MR) is 75.0 cm³/mol. The number of halogens is 3. The van der Waals surface area contributed by atoms with E-state index in [2.05, 4.69) is 4.98 Å². The summed E-state index contributed by atoms with van der Waals surface area (Å²) in [5.41, 5.74) is 5.29. The third-order valence-corrected chi connectivity index (χ3v) is 5.13. The monoisotopic (exact) mass is 314 g/mol. The summed E-state index contributed by atoms with van der Waals surface area (Å²) in [5.74, 6) is 0. The number of nitrogens with two attached hydrogens (primary N) is 1. The molecule has 0 bridgehead atoms. The van der Waals surface area contributed by atoms with E-state index in [4.69, 9.17) is 5.73 Å². The van der Waals surface area contributed by atoms with E-state index in [1.165, 1.54) is 17.5 Å². The molecule has 0 aliphatic heterocycles. The maximum Gasteiger partial charge on any atom is 0.416 e. The molecule has 0 fully saturated rings. The SMILES string of the molecule is NC(c1cc2sccc2s1)c1cnccc1C(F)(F)F. The number of aromatic nitrogens is 1.